The molecule has 2 rings (SSSR count). The van der Waals surface area contributed by atoms with Crippen LogP contribution in [0.15, 0.2) is 16.1 Å². The van der Waals surface area contributed by atoms with Crippen molar-refractivity contribution in [2.45, 2.75) is 44.0 Å². The van der Waals surface area contributed by atoms with Crippen molar-refractivity contribution < 1.29 is 9.90 Å². The van der Waals surface area contributed by atoms with Crippen LogP contribution in [0.1, 0.15) is 37.0 Å². The number of thioether (sulfide) groups is 1. The van der Waals surface area contributed by atoms with Gasteiger partial charge in [-0.1, -0.05) is 25.6 Å². The van der Waals surface area contributed by atoms with Gasteiger partial charge in [-0.15, -0.1) is 0 Å². The predicted molar refractivity (Wildman–Crippen MR) is 77.1 cm³/mol. The maximum atomic E-state index is 12.2. The number of hydrogen-bond donors (Lipinski definition) is 2. The molecular weight excluding hydrogens is 278 g/mol. The molecule has 2 N–H and O–H groups in total. The number of amides is 1. The molecular formula is C13H19N3O3S. The van der Waals surface area contributed by atoms with Crippen LogP contribution in [0.4, 0.5) is 0 Å². The number of rotatable bonds is 5. The fourth-order valence-corrected chi connectivity index (χ4v) is 2.93. The topological polar surface area (TPSA) is 84.2 Å². The van der Waals surface area contributed by atoms with Crippen LogP contribution in [0.25, 0.3) is 0 Å². The monoisotopic (exact) mass is 297 g/mol. The van der Waals surface area contributed by atoms with E-state index in [9.17, 15) is 14.7 Å². The van der Waals surface area contributed by atoms with E-state index in [0.717, 1.165) is 5.75 Å². The maximum absolute atomic E-state index is 12.2. The molecule has 7 heteroatoms. The fourth-order valence-electron chi connectivity index (χ4n) is 2.01. The van der Waals surface area contributed by atoms with Crippen molar-refractivity contribution in [1.82, 2.24) is 14.9 Å². The number of hydrogen-bond acceptors (Lipinski definition) is 5. The molecule has 0 fully saturated rings. The van der Waals surface area contributed by atoms with Gasteiger partial charge in [0.05, 0.1) is 5.60 Å². The minimum Gasteiger partial charge on any atom is -0.388 e. The van der Waals surface area contributed by atoms with Crippen LogP contribution in [0.3, 0.4) is 0 Å². The molecule has 2 heterocycles. The number of fused-ring (bicyclic) bond motifs is 1. The summed E-state index contributed by atoms with van der Waals surface area (Å²) in [5.41, 5.74) is -1.20. The molecule has 0 bridgehead atoms. The molecule has 110 valence electrons. The number of carbonyl (C=O) groups is 1. The Morgan fingerprint density at radius 1 is 1.55 bits per heavy atom. The number of nitrogens with zero attached hydrogens (tertiary/aromatic N) is 2. The van der Waals surface area contributed by atoms with Crippen molar-refractivity contribution in [3.8, 4) is 0 Å². The molecule has 0 aliphatic carbocycles. The van der Waals surface area contributed by atoms with E-state index in [-0.39, 0.29) is 17.7 Å². The third-order valence-corrected chi connectivity index (χ3v) is 4.67. The van der Waals surface area contributed by atoms with Gasteiger partial charge in [-0.05, 0) is 12.8 Å². The van der Waals surface area contributed by atoms with Crippen LogP contribution in [0.2, 0.25) is 0 Å². The minimum atomic E-state index is -0.925. The first-order valence-corrected chi connectivity index (χ1v) is 7.72. The highest BCUT2D eigenvalue weighted by atomic mass is 32.2. The quantitative estimate of drug-likeness (QED) is 0.779. The normalized spacial score (nSPS) is 14.2. The summed E-state index contributed by atoms with van der Waals surface area (Å²) in [7, 11) is 0. The molecule has 0 spiro atoms. The third-order valence-electron chi connectivity index (χ3n) is 3.70. The van der Waals surface area contributed by atoms with Crippen LogP contribution in [0, 0.1) is 0 Å². The lowest BCUT2D eigenvalue weighted by Gasteiger charge is -2.25. The Morgan fingerprint density at radius 3 is 2.90 bits per heavy atom. The largest absolute Gasteiger partial charge is 0.388 e. The smallest absolute Gasteiger partial charge is 0.267 e. The van der Waals surface area contributed by atoms with Crippen molar-refractivity contribution in [2.75, 3.05) is 12.3 Å². The molecule has 0 radical (unpaired) electrons. The molecule has 0 unspecified atom stereocenters. The number of aliphatic hydroxyl groups is 1. The Bertz CT molecular complexity index is 566. The zero-order valence-electron chi connectivity index (χ0n) is 11.7. The summed E-state index contributed by atoms with van der Waals surface area (Å²) in [4.78, 5) is 28.3. The third kappa shape index (κ3) is 2.88. The van der Waals surface area contributed by atoms with Crippen molar-refractivity contribution in [3.05, 3.63) is 22.1 Å². The van der Waals surface area contributed by atoms with E-state index in [1.54, 1.807) is 0 Å². The van der Waals surface area contributed by atoms with Gasteiger partial charge >= 0.3 is 0 Å². The lowest BCUT2D eigenvalue weighted by Crippen LogP contribution is -2.43. The van der Waals surface area contributed by atoms with Crippen LogP contribution < -0.4 is 10.9 Å². The first-order valence-electron chi connectivity index (χ1n) is 6.74. The molecule has 1 aromatic heterocycles. The average Bonchev–Trinajstić information content (AvgIpc) is 2.94. The number of nitrogens with one attached hydrogen (secondary N) is 1. The van der Waals surface area contributed by atoms with Gasteiger partial charge in [0.1, 0.15) is 5.56 Å². The first-order chi connectivity index (χ1) is 9.50. The number of aromatic nitrogens is 2. The van der Waals surface area contributed by atoms with E-state index in [1.165, 1.54) is 22.5 Å². The van der Waals surface area contributed by atoms with E-state index in [0.29, 0.717) is 24.5 Å². The molecule has 0 aromatic carbocycles. The second kappa shape index (κ2) is 5.97. The zero-order chi connectivity index (χ0) is 14.8. The standard InChI is InChI=1S/C13H19N3O3S/c1-3-13(19,4-2)8-15-10(17)9-7-14-12-16(11(9)18)5-6-20-12/h7,19H,3-6,8H2,1-2H3,(H,15,17). The van der Waals surface area contributed by atoms with E-state index in [4.69, 9.17) is 0 Å². The van der Waals surface area contributed by atoms with Gasteiger partial charge in [-0.3, -0.25) is 14.2 Å². The summed E-state index contributed by atoms with van der Waals surface area (Å²) in [6.45, 7) is 4.44. The fraction of sp³-hybridized carbons (Fsp3) is 0.615. The van der Waals surface area contributed by atoms with Gasteiger partial charge in [-0.2, -0.15) is 0 Å². The van der Waals surface area contributed by atoms with Gasteiger partial charge in [0, 0.05) is 25.0 Å². The first kappa shape index (κ1) is 15.1. The molecule has 0 saturated heterocycles. The molecule has 0 atom stereocenters. The molecule has 1 aliphatic rings. The Kier molecular flexibility index (Phi) is 4.49. The maximum Gasteiger partial charge on any atom is 0.267 e. The van der Waals surface area contributed by atoms with Gasteiger partial charge in [0.25, 0.3) is 11.5 Å². The highest BCUT2D eigenvalue weighted by Crippen LogP contribution is 2.20. The molecule has 1 aliphatic heterocycles. The summed E-state index contributed by atoms with van der Waals surface area (Å²) >= 11 is 1.51. The van der Waals surface area contributed by atoms with Gasteiger partial charge in [-0.25, -0.2) is 4.98 Å². The highest BCUT2D eigenvalue weighted by Gasteiger charge is 2.25. The van der Waals surface area contributed by atoms with Crippen LogP contribution in [0.5, 0.6) is 0 Å². The predicted octanol–water partition coefficient (Wildman–Crippen LogP) is 0.630. The van der Waals surface area contributed by atoms with Crippen molar-refractivity contribution in [1.29, 1.82) is 0 Å². The lowest BCUT2D eigenvalue weighted by molar-refractivity contribution is 0.0313. The Hall–Kier alpha value is -1.34. The van der Waals surface area contributed by atoms with Crippen molar-refractivity contribution in [3.63, 3.8) is 0 Å². The van der Waals surface area contributed by atoms with Gasteiger partial charge in [0.15, 0.2) is 5.16 Å². The molecule has 20 heavy (non-hydrogen) atoms. The van der Waals surface area contributed by atoms with E-state index in [2.05, 4.69) is 10.3 Å². The van der Waals surface area contributed by atoms with Crippen LogP contribution in [-0.4, -0.2) is 38.5 Å². The molecule has 1 aromatic rings. The van der Waals surface area contributed by atoms with Crippen molar-refractivity contribution >= 4 is 17.7 Å². The van der Waals surface area contributed by atoms with Crippen molar-refractivity contribution in [2.24, 2.45) is 0 Å². The van der Waals surface area contributed by atoms with E-state index >= 15 is 0 Å². The Morgan fingerprint density at radius 2 is 2.25 bits per heavy atom. The second-order valence-corrected chi connectivity index (χ2v) is 5.94. The number of carbonyl (C=O) groups excluding carboxylic acids is 1. The summed E-state index contributed by atoms with van der Waals surface area (Å²) in [6.07, 6.45) is 2.41. The molecule has 6 nitrogen and oxygen atoms in total. The van der Waals surface area contributed by atoms with Crippen LogP contribution in [-0.2, 0) is 6.54 Å². The summed E-state index contributed by atoms with van der Waals surface area (Å²) < 4.78 is 1.52. The summed E-state index contributed by atoms with van der Waals surface area (Å²) in [5, 5.41) is 13.4. The van der Waals surface area contributed by atoms with Gasteiger partial charge in [0.2, 0.25) is 0 Å². The van der Waals surface area contributed by atoms with E-state index in [1.807, 2.05) is 13.8 Å². The zero-order valence-corrected chi connectivity index (χ0v) is 12.5. The molecule has 0 saturated carbocycles. The Balaban J connectivity index is 2.13. The summed E-state index contributed by atoms with van der Waals surface area (Å²) in [5.74, 6) is 0.327. The minimum absolute atomic E-state index is 0.0332. The molecule has 1 amide bonds. The summed E-state index contributed by atoms with van der Waals surface area (Å²) in [6, 6.07) is 0. The Labute approximate surface area is 121 Å². The van der Waals surface area contributed by atoms with Gasteiger partial charge < -0.3 is 10.4 Å². The average molecular weight is 297 g/mol. The SMILES string of the molecule is CCC(O)(CC)CNC(=O)c1cnc2n(c1=O)CCS2. The van der Waals surface area contributed by atoms with E-state index < -0.39 is 11.5 Å². The lowest BCUT2D eigenvalue weighted by atomic mass is 9.97. The highest BCUT2D eigenvalue weighted by molar-refractivity contribution is 7.99. The van der Waals surface area contributed by atoms with Crippen LogP contribution >= 0.6 is 11.8 Å². The second-order valence-electron chi connectivity index (χ2n) is 4.87.